The van der Waals surface area contributed by atoms with Crippen LogP contribution < -0.4 is 10.6 Å². The fourth-order valence-electron chi connectivity index (χ4n) is 5.10. The van der Waals surface area contributed by atoms with Gasteiger partial charge in [0.15, 0.2) is 0 Å². The van der Waals surface area contributed by atoms with Crippen molar-refractivity contribution in [3.8, 4) is 0 Å². The smallest absolute Gasteiger partial charge is 0.247 e. The highest BCUT2D eigenvalue weighted by Gasteiger charge is 2.63. The van der Waals surface area contributed by atoms with Crippen molar-refractivity contribution in [3.05, 3.63) is 29.1 Å². The number of nitrogens with one attached hydrogen (secondary N) is 2. The molecule has 0 radical (unpaired) electrons. The summed E-state index contributed by atoms with van der Waals surface area (Å²) in [5.41, 5.74) is 1.56. The number of halogens is 2. The zero-order valence-electron chi connectivity index (χ0n) is 15.9. The molecule has 0 saturated carbocycles. The second kappa shape index (κ2) is 7.34. The quantitative estimate of drug-likeness (QED) is 0.717. The number of hydrogen-bond donors (Lipinski definition) is 2. The average Bonchev–Trinajstić information content (AvgIpc) is 3.37. The first-order valence-corrected chi connectivity index (χ1v) is 9.81. The SMILES string of the molecule is CC(C(=O)Nc1ccc2c(c1F)CCNC2)N1C(=O)C2C3CCC(O3)C2C1=O.Cl. The number of imide groups is 1. The highest BCUT2D eigenvalue weighted by molar-refractivity contribution is 6.10. The summed E-state index contributed by atoms with van der Waals surface area (Å²) in [5.74, 6) is -2.66. The van der Waals surface area contributed by atoms with E-state index in [4.69, 9.17) is 4.74 Å². The number of anilines is 1. The molecule has 4 aliphatic heterocycles. The van der Waals surface area contributed by atoms with E-state index in [-0.39, 0.29) is 42.1 Å². The van der Waals surface area contributed by atoms with Gasteiger partial charge >= 0.3 is 0 Å². The van der Waals surface area contributed by atoms with Crippen molar-refractivity contribution in [2.75, 3.05) is 11.9 Å². The zero-order chi connectivity index (χ0) is 19.6. The van der Waals surface area contributed by atoms with Gasteiger partial charge in [0.2, 0.25) is 17.7 Å². The molecule has 29 heavy (non-hydrogen) atoms. The molecule has 3 amide bonds. The van der Waals surface area contributed by atoms with E-state index in [1.807, 2.05) is 0 Å². The molecule has 4 aliphatic rings. The summed E-state index contributed by atoms with van der Waals surface area (Å²) in [7, 11) is 0. The fourth-order valence-corrected chi connectivity index (χ4v) is 5.10. The van der Waals surface area contributed by atoms with Crippen LogP contribution in [0, 0.1) is 17.7 Å². The Morgan fingerprint density at radius 3 is 2.55 bits per heavy atom. The molecule has 5 atom stereocenters. The topological polar surface area (TPSA) is 87.7 Å². The maximum atomic E-state index is 14.8. The maximum absolute atomic E-state index is 14.8. The number of carbonyl (C=O) groups is 3. The number of hydrogen-bond acceptors (Lipinski definition) is 5. The van der Waals surface area contributed by atoms with Crippen molar-refractivity contribution in [2.45, 2.75) is 51.0 Å². The van der Waals surface area contributed by atoms with Crippen LogP contribution in [0.3, 0.4) is 0 Å². The van der Waals surface area contributed by atoms with Gasteiger partial charge in [-0.15, -0.1) is 12.4 Å². The molecule has 5 rings (SSSR count). The first-order valence-electron chi connectivity index (χ1n) is 9.81. The van der Waals surface area contributed by atoms with Crippen LogP contribution in [0.4, 0.5) is 10.1 Å². The molecule has 156 valence electrons. The summed E-state index contributed by atoms with van der Waals surface area (Å²) < 4.78 is 20.5. The zero-order valence-corrected chi connectivity index (χ0v) is 16.8. The molecule has 2 N–H and O–H groups in total. The minimum Gasteiger partial charge on any atom is -0.373 e. The predicted octanol–water partition coefficient (Wildman–Crippen LogP) is 1.38. The van der Waals surface area contributed by atoms with Crippen molar-refractivity contribution >= 4 is 35.8 Å². The van der Waals surface area contributed by atoms with Gasteiger partial charge in [-0.05, 0) is 49.9 Å². The Hall–Kier alpha value is -2.03. The van der Waals surface area contributed by atoms with Crippen molar-refractivity contribution in [2.24, 2.45) is 11.8 Å². The van der Waals surface area contributed by atoms with Gasteiger partial charge in [-0.1, -0.05) is 6.07 Å². The monoisotopic (exact) mass is 423 g/mol. The van der Waals surface area contributed by atoms with E-state index in [9.17, 15) is 18.8 Å². The number of rotatable bonds is 3. The molecular formula is C20H23ClFN3O4. The third-order valence-corrected chi connectivity index (χ3v) is 6.55. The summed E-state index contributed by atoms with van der Waals surface area (Å²) in [6.07, 6.45) is 1.65. The first-order chi connectivity index (χ1) is 13.5. The molecule has 4 heterocycles. The Morgan fingerprint density at radius 1 is 1.24 bits per heavy atom. The predicted molar refractivity (Wildman–Crippen MR) is 104 cm³/mol. The van der Waals surface area contributed by atoms with Crippen LogP contribution in [0.1, 0.15) is 30.9 Å². The Bertz CT molecular complexity index is 867. The maximum Gasteiger partial charge on any atom is 0.247 e. The summed E-state index contributed by atoms with van der Waals surface area (Å²) in [6, 6.07) is 2.32. The van der Waals surface area contributed by atoms with Gasteiger partial charge in [0.05, 0.1) is 29.7 Å². The third-order valence-electron chi connectivity index (χ3n) is 6.55. The highest BCUT2D eigenvalue weighted by Crippen LogP contribution is 2.48. The Kier molecular flexibility index (Phi) is 5.13. The van der Waals surface area contributed by atoms with Gasteiger partial charge in [-0.25, -0.2) is 4.39 Å². The number of nitrogens with zero attached hydrogens (tertiary/aromatic N) is 1. The molecule has 3 fully saturated rings. The second-order valence-corrected chi connectivity index (χ2v) is 8.05. The van der Waals surface area contributed by atoms with Crippen molar-refractivity contribution in [1.82, 2.24) is 10.2 Å². The molecular weight excluding hydrogens is 401 g/mol. The summed E-state index contributed by atoms with van der Waals surface area (Å²) >= 11 is 0. The van der Waals surface area contributed by atoms with E-state index in [2.05, 4.69) is 10.6 Å². The summed E-state index contributed by atoms with van der Waals surface area (Å²) in [6.45, 7) is 2.79. The third kappa shape index (κ3) is 2.96. The van der Waals surface area contributed by atoms with Crippen molar-refractivity contribution in [3.63, 3.8) is 0 Å². The fraction of sp³-hybridized carbons (Fsp3) is 0.550. The lowest BCUT2D eigenvalue weighted by Crippen LogP contribution is -2.47. The van der Waals surface area contributed by atoms with Gasteiger partial charge < -0.3 is 15.4 Å². The van der Waals surface area contributed by atoms with Crippen LogP contribution in [0.5, 0.6) is 0 Å². The van der Waals surface area contributed by atoms with Gasteiger partial charge in [0.25, 0.3) is 0 Å². The minimum absolute atomic E-state index is 0. The van der Waals surface area contributed by atoms with Crippen LogP contribution in [0.25, 0.3) is 0 Å². The molecule has 2 bridgehead atoms. The Balaban J connectivity index is 0.00000205. The number of likely N-dealkylation sites (tertiary alicyclic amines) is 1. The first kappa shape index (κ1) is 20.3. The largest absolute Gasteiger partial charge is 0.373 e. The normalized spacial score (nSPS) is 30.6. The molecule has 0 aliphatic carbocycles. The van der Waals surface area contributed by atoms with Gasteiger partial charge in [-0.2, -0.15) is 0 Å². The highest BCUT2D eigenvalue weighted by atomic mass is 35.5. The molecule has 0 aromatic heterocycles. The number of carbonyl (C=O) groups excluding carboxylic acids is 3. The average molecular weight is 424 g/mol. The van der Waals surface area contributed by atoms with Crippen LogP contribution in [-0.2, 0) is 32.1 Å². The van der Waals surface area contributed by atoms with E-state index >= 15 is 0 Å². The molecule has 1 aromatic carbocycles. The van der Waals surface area contributed by atoms with Gasteiger partial charge in [-0.3, -0.25) is 19.3 Å². The number of benzene rings is 1. The van der Waals surface area contributed by atoms with E-state index in [0.717, 1.165) is 23.3 Å². The molecule has 0 spiro atoms. The lowest BCUT2D eigenvalue weighted by molar-refractivity contribution is -0.148. The van der Waals surface area contributed by atoms with E-state index < -0.39 is 29.6 Å². The van der Waals surface area contributed by atoms with E-state index in [0.29, 0.717) is 25.1 Å². The minimum atomic E-state index is -0.998. The molecule has 5 unspecified atom stereocenters. The standard InChI is InChI=1S/C20H22FN3O4.ClH/c1-9(24-19(26)15-13-4-5-14(28-13)16(15)20(24)27)18(25)23-12-3-2-10-8-22-7-6-11(10)17(12)21;/h2-3,9,13-16,22H,4-8H2,1H3,(H,23,25);1H. The van der Waals surface area contributed by atoms with Crippen LogP contribution in [0.15, 0.2) is 12.1 Å². The second-order valence-electron chi connectivity index (χ2n) is 8.05. The number of fused-ring (bicyclic) bond motifs is 6. The van der Waals surface area contributed by atoms with Crippen molar-refractivity contribution in [1.29, 1.82) is 0 Å². The Labute approximate surface area is 173 Å². The van der Waals surface area contributed by atoms with E-state index in [1.54, 1.807) is 6.07 Å². The molecule has 7 nitrogen and oxygen atoms in total. The van der Waals surface area contributed by atoms with Crippen molar-refractivity contribution < 1.29 is 23.5 Å². The number of amides is 3. The van der Waals surface area contributed by atoms with Crippen LogP contribution in [0.2, 0.25) is 0 Å². The van der Waals surface area contributed by atoms with Gasteiger partial charge in [0.1, 0.15) is 11.9 Å². The molecule has 1 aromatic rings. The van der Waals surface area contributed by atoms with E-state index in [1.165, 1.54) is 13.0 Å². The van der Waals surface area contributed by atoms with Crippen LogP contribution in [-0.4, -0.2) is 47.4 Å². The van der Waals surface area contributed by atoms with Crippen LogP contribution >= 0.6 is 12.4 Å². The van der Waals surface area contributed by atoms with Gasteiger partial charge in [0, 0.05) is 6.54 Å². The summed E-state index contributed by atoms with van der Waals surface area (Å²) in [5, 5.41) is 5.75. The Morgan fingerprint density at radius 2 is 1.90 bits per heavy atom. The lowest BCUT2D eigenvalue weighted by atomic mass is 9.81. The molecule has 3 saturated heterocycles. The summed E-state index contributed by atoms with van der Waals surface area (Å²) in [4.78, 5) is 39.4. The number of ether oxygens (including phenoxy) is 1. The molecule has 9 heteroatoms. The lowest BCUT2D eigenvalue weighted by Gasteiger charge is -2.24.